The van der Waals surface area contributed by atoms with E-state index in [-0.39, 0.29) is 0 Å². The molecular formula is C10H12IOSi. The summed E-state index contributed by atoms with van der Waals surface area (Å²) in [6, 6.07) is 7.25. The van der Waals surface area contributed by atoms with Crippen LogP contribution in [0.4, 0.5) is 0 Å². The second-order valence-electron chi connectivity index (χ2n) is 2.89. The van der Waals surface area contributed by atoms with Gasteiger partial charge in [0.05, 0.1) is 10.2 Å². The Kier molecular flexibility index (Phi) is 4.80. The molecule has 1 rings (SSSR count). The van der Waals surface area contributed by atoms with Gasteiger partial charge in [-0.25, -0.2) is 0 Å². The Morgan fingerprint density at radius 3 is 2.92 bits per heavy atom. The minimum absolute atomic E-state index is 0.781. The van der Waals surface area contributed by atoms with Crippen LogP contribution in [0.3, 0.4) is 0 Å². The zero-order chi connectivity index (χ0) is 9.68. The lowest BCUT2D eigenvalue weighted by atomic mass is 10.2. The third-order valence-corrected chi connectivity index (χ3v) is 2.91. The number of rotatable bonds is 4. The largest absolute Gasteiger partial charge is 0.492 e. The molecule has 0 saturated carbocycles. The zero-order valence-electron chi connectivity index (χ0n) is 7.64. The summed E-state index contributed by atoms with van der Waals surface area (Å²) in [6.07, 6.45) is 1.04. The van der Waals surface area contributed by atoms with Gasteiger partial charge in [-0.2, -0.15) is 0 Å². The van der Waals surface area contributed by atoms with Crippen LogP contribution in [0.2, 0.25) is 6.04 Å². The maximum atomic E-state index is 5.62. The fourth-order valence-corrected chi connectivity index (χ4v) is 1.61. The van der Waals surface area contributed by atoms with Crippen LogP contribution in [0.5, 0.6) is 5.75 Å². The molecule has 0 amide bonds. The minimum Gasteiger partial charge on any atom is -0.492 e. The molecule has 0 aliphatic heterocycles. The normalized spacial score (nSPS) is 10.1. The lowest BCUT2D eigenvalue weighted by molar-refractivity contribution is 0.315. The Balaban J connectivity index is 2.59. The highest BCUT2D eigenvalue weighted by Crippen LogP contribution is 2.22. The van der Waals surface area contributed by atoms with Gasteiger partial charge in [0.1, 0.15) is 5.75 Å². The molecule has 1 aromatic rings. The predicted octanol–water partition coefficient (Wildman–Crippen LogP) is 2.96. The van der Waals surface area contributed by atoms with Gasteiger partial charge >= 0.3 is 0 Å². The second kappa shape index (κ2) is 5.65. The molecule has 0 fully saturated rings. The summed E-state index contributed by atoms with van der Waals surface area (Å²) in [7, 11) is 3.42. The molecule has 1 nitrogen and oxygen atoms in total. The van der Waals surface area contributed by atoms with E-state index >= 15 is 0 Å². The number of ether oxygens (including phenoxy) is 1. The second-order valence-corrected chi connectivity index (χ2v) is 4.55. The van der Waals surface area contributed by atoms with Crippen molar-refractivity contribution < 1.29 is 4.74 Å². The molecule has 3 heteroatoms. The van der Waals surface area contributed by atoms with Crippen LogP contribution in [-0.4, -0.2) is 16.8 Å². The van der Waals surface area contributed by atoms with Gasteiger partial charge in [-0.1, -0.05) is 12.1 Å². The van der Waals surface area contributed by atoms with Crippen molar-refractivity contribution in [3.8, 4) is 5.75 Å². The maximum absolute atomic E-state index is 5.62. The average molecular weight is 303 g/mol. The molecular weight excluding hydrogens is 291 g/mol. The third kappa shape index (κ3) is 3.68. The molecule has 0 aromatic heterocycles. The summed E-state index contributed by atoms with van der Waals surface area (Å²) in [5.41, 5.74) is 1.24. The highest BCUT2D eigenvalue weighted by Gasteiger charge is 1.99. The lowest BCUT2D eigenvalue weighted by Gasteiger charge is -2.07. The first-order valence-corrected chi connectivity index (χ1v) is 6.06. The molecule has 0 bridgehead atoms. The zero-order valence-corrected chi connectivity index (χ0v) is 10.8. The molecule has 0 N–H and O–H groups in total. The number of benzene rings is 1. The third-order valence-electron chi connectivity index (χ3n) is 1.67. The Morgan fingerprint density at radius 2 is 2.23 bits per heavy atom. The Bertz CT molecular complexity index is 276. The van der Waals surface area contributed by atoms with Gasteiger partial charge in [0.25, 0.3) is 0 Å². The van der Waals surface area contributed by atoms with Crippen LogP contribution in [0, 0.1) is 10.5 Å². The molecule has 69 valence electrons. The Morgan fingerprint density at radius 1 is 1.46 bits per heavy atom. The van der Waals surface area contributed by atoms with E-state index in [1.165, 1.54) is 9.13 Å². The summed E-state index contributed by atoms with van der Waals surface area (Å²) < 4.78 is 6.80. The van der Waals surface area contributed by atoms with Crippen LogP contribution < -0.4 is 4.74 Å². The quantitative estimate of drug-likeness (QED) is 0.472. The Hall–Kier alpha value is -0.0331. The first-order valence-electron chi connectivity index (χ1n) is 4.27. The fourth-order valence-electron chi connectivity index (χ4n) is 0.975. The SMILES string of the molecule is Cc1ccc(I)c(OCCC[Si])c1. The van der Waals surface area contributed by atoms with Crippen molar-refractivity contribution in [3.05, 3.63) is 27.3 Å². The van der Waals surface area contributed by atoms with Crippen LogP contribution in [0.15, 0.2) is 18.2 Å². The predicted molar refractivity (Wildman–Crippen MR) is 64.6 cm³/mol. The van der Waals surface area contributed by atoms with Gasteiger partial charge in [0, 0.05) is 10.2 Å². The van der Waals surface area contributed by atoms with Crippen molar-refractivity contribution in [1.82, 2.24) is 0 Å². The van der Waals surface area contributed by atoms with E-state index in [1.54, 1.807) is 0 Å². The van der Waals surface area contributed by atoms with Crippen LogP contribution >= 0.6 is 22.6 Å². The fraction of sp³-hybridized carbons (Fsp3) is 0.400. The number of hydrogen-bond acceptors (Lipinski definition) is 1. The molecule has 13 heavy (non-hydrogen) atoms. The highest BCUT2D eigenvalue weighted by molar-refractivity contribution is 14.1. The van der Waals surface area contributed by atoms with Crippen LogP contribution in [-0.2, 0) is 0 Å². The molecule has 0 heterocycles. The standard InChI is InChI=1S/C10H12IOSi/c1-8-3-4-9(11)10(7-8)12-5-2-6-13/h3-4,7H,2,5-6H2,1H3. The molecule has 0 aliphatic rings. The maximum Gasteiger partial charge on any atom is 0.132 e. The number of hydrogen-bond donors (Lipinski definition) is 0. The van der Waals surface area contributed by atoms with E-state index in [1.807, 2.05) is 0 Å². The smallest absolute Gasteiger partial charge is 0.132 e. The molecule has 0 atom stereocenters. The summed E-state index contributed by atoms with van der Waals surface area (Å²) in [5.74, 6) is 1.00. The van der Waals surface area contributed by atoms with E-state index in [2.05, 4.69) is 58.0 Å². The molecule has 3 radical (unpaired) electrons. The highest BCUT2D eigenvalue weighted by atomic mass is 127. The van der Waals surface area contributed by atoms with Gasteiger partial charge < -0.3 is 4.74 Å². The van der Waals surface area contributed by atoms with Gasteiger partial charge in [-0.3, -0.25) is 0 Å². The summed E-state index contributed by atoms with van der Waals surface area (Å²) >= 11 is 2.29. The van der Waals surface area contributed by atoms with E-state index < -0.39 is 0 Å². The van der Waals surface area contributed by atoms with Gasteiger partial charge in [-0.05, 0) is 53.6 Å². The Labute approximate surface area is 96.4 Å². The molecule has 0 spiro atoms. The van der Waals surface area contributed by atoms with E-state index in [0.717, 1.165) is 24.8 Å². The van der Waals surface area contributed by atoms with Crippen molar-refractivity contribution in [1.29, 1.82) is 0 Å². The van der Waals surface area contributed by atoms with Crippen molar-refractivity contribution in [2.24, 2.45) is 0 Å². The minimum atomic E-state index is 0.781. The van der Waals surface area contributed by atoms with Crippen molar-refractivity contribution in [2.45, 2.75) is 19.4 Å². The van der Waals surface area contributed by atoms with E-state index in [0.29, 0.717) is 0 Å². The van der Waals surface area contributed by atoms with Gasteiger partial charge in [0.2, 0.25) is 0 Å². The first kappa shape index (κ1) is 11.0. The number of aryl methyl sites for hydroxylation is 1. The van der Waals surface area contributed by atoms with E-state index in [9.17, 15) is 0 Å². The van der Waals surface area contributed by atoms with E-state index in [4.69, 9.17) is 4.74 Å². The molecule has 0 aliphatic carbocycles. The average Bonchev–Trinajstić information content (AvgIpc) is 2.11. The monoisotopic (exact) mass is 303 g/mol. The summed E-state index contributed by atoms with van der Waals surface area (Å²) in [6.45, 7) is 2.86. The molecule has 1 aromatic carbocycles. The lowest BCUT2D eigenvalue weighted by Crippen LogP contribution is -1.98. The molecule has 0 saturated heterocycles. The van der Waals surface area contributed by atoms with Crippen molar-refractivity contribution in [2.75, 3.05) is 6.61 Å². The van der Waals surface area contributed by atoms with Crippen LogP contribution in [0.25, 0.3) is 0 Å². The van der Waals surface area contributed by atoms with Crippen molar-refractivity contribution >= 4 is 32.8 Å². The topological polar surface area (TPSA) is 9.23 Å². The van der Waals surface area contributed by atoms with Gasteiger partial charge in [0.15, 0.2) is 0 Å². The summed E-state index contributed by atoms with van der Waals surface area (Å²) in [4.78, 5) is 0. The first-order chi connectivity index (χ1) is 6.24. The summed E-state index contributed by atoms with van der Waals surface area (Å²) in [5, 5.41) is 0. The van der Waals surface area contributed by atoms with Gasteiger partial charge in [-0.15, -0.1) is 0 Å². The molecule has 0 unspecified atom stereocenters. The van der Waals surface area contributed by atoms with Crippen molar-refractivity contribution in [3.63, 3.8) is 0 Å². The van der Waals surface area contributed by atoms with Crippen LogP contribution in [0.1, 0.15) is 12.0 Å². The number of halogens is 1.